The summed E-state index contributed by atoms with van der Waals surface area (Å²) < 4.78 is 16.1. The average Bonchev–Trinajstić information content (AvgIpc) is 4.12. The highest BCUT2D eigenvalue weighted by atomic mass is 16.5. The first-order chi connectivity index (χ1) is 30.0. The number of hydrogen-bond donors (Lipinski definition) is 4. The van der Waals surface area contributed by atoms with Crippen molar-refractivity contribution in [1.29, 1.82) is 0 Å². The van der Waals surface area contributed by atoms with Crippen molar-refractivity contribution in [3.63, 3.8) is 0 Å². The Balaban J connectivity index is 0.962. The van der Waals surface area contributed by atoms with Crippen molar-refractivity contribution < 1.29 is 33.4 Å². The first-order valence-corrected chi connectivity index (χ1v) is 21.4. The second-order valence-corrected chi connectivity index (χ2v) is 17.2. The molecule has 1 unspecified atom stereocenters. The third kappa shape index (κ3) is 7.53. The Hall–Kier alpha value is -6.64. The van der Waals surface area contributed by atoms with E-state index in [2.05, 4.69) is 63.9 Å². The highest BCUT2D eigenvalue weighted by Crippen LogP contribution is 2.44. The van der Waals surface area contributed by atoms with E-state index in [4.69, 9.17) is 24.2 Å². The summed E-state index contributed by atoms with van der Waals surface area (Å²) in [6, 6.07) is 12.6. The van der Waals surface area contributed by atoms with Gasteiger partial charge in [0.25, 0.3) is 0 Å². The van der Waals surface area contributed by atoms with Crippen molar-refractivity contribution in [3.8, 4) is 28.1 Å². The van der Waals surface area contributed by atoms with E-state index in [1.165, 1.54) is 14.2 Å². The Morgan fingerprint density at radius 3 is 2.50 bits per heavy atom. The third-order valence-electron chi connectivity index (χ3n) is 12.8. The number of aromatic nitrogens is 4. The van der Waals surface area contributed by atoms with Gasteiger partial charge in [0, 0.05) is 30.0 Å². The molecule has 322 valence electrons. The van der Waals surface area contributed by atoms with Crippen molar-refractivity contribution in [2.24, 2.45) is 17.8 Å². The number of likely N-dealkylation sites (tertiary alicyclic amines) is 2. The normalized spacial score (nSPS) is 21.4. The molecule has 4 aliphatic rings. The minimum Gasteiger partial charge on any atom is -0.488 e. The lowest BCUT2D eigenvalue weighted by atomic mass is 9.91. The molecule has 62 heavy (non-hydrogen) atoms. The summed E-state index contributed by atoms with van der Waals surface area (Å²) in [5.41, 5.74) is 6.59. The zero-order valence-corrected chi connectivity index (χ0v) is 35.6. The summed E-state index contributed by atoms with van der Waals surface area (Å²) in [7, 11) is 2.59. The van der Waals surface area contributed by atoms with Crippen LogP contribution in [0.15, 0.2) is 73.0 Å². The number of rotatable bonds is 9. The number of ether oxygens (including phenoxy) is 3. The van der Waals surface area contributed by atoms with Crippen LogP contribution in [-0.2, 0) is 25.7 Å². The molecule has 9 rings (SSSR count). The summed E-state index contributed by atoms with van der Waals surface area (Å²) >= 11 is 0. The quantitative estimate of drug-likeness (QED) is 0.117. The second kappa shape index (κ2) is 16.7. The Kier molecular flexibility index (Phi) is 11.0. The molecule has 2 saturated heterocycles. The molecular weight excluding hydrogens is 789 g/mol. The molecule has 2 aromatic heterocycles. The van der Waals surface area contributed by atoms with Crippen molar-refractivity contribution in [3.05, 3.63) is 90.2 Å². The molecule has 4 N–H and O–H groups in total. The Bertz CT molecular complexity index is 2630. The molecular formula is C47H52N8O7. The van der Waals surface area contributed by atoms with Crippen LogP contribution in [0.1, 0.15) is 75.8 Å². The van der Waals surface area contributed by atoms with Crippen LogP contribution in [0.4, 0.5) is 9.59 Å². The molecule has 1 aliphatic carbocycles. The van der Waals surface area contributed by atoms with Crippen LogP contribution in [0.5, 0.6) is 5.75 Å². The number of imidazole rings is 2. The molecule has 2 fully saturated rings. The number of aromatic amines is 2. The predicted octanol–water partition coefficient (Wildman–Crippen LogP) is 7.48. The molecule has 15 heteroatoms. The number of benzene rings is 3. The van der Waals surface area contributed by atoms with Crippen molar-refractivity contribution >= 4 is 45.8 Å². The largest absolute Gasteiger partial charge is 0.488 e. The number of alkyl carbamates (subject to hydrolysis) is 2. The van der Waals surface area contributed by atoms with Crippen LogP contribution < -0.4 is 15.4 Å². The first-order valence-electron chi connectivity index (χ1n) is 21.4. The summed E-state index contributed by atoms with van der Waals surface area (Å²) in [6.45, 7) is 7.44. The Labute approximate surface area is 359 Å². The molecule has 3 aliphatic heterocycles. The van der Waals surface area contributed by atoms with E-state index in [0.29, 0.717) is 37.8 Å². The highest BCUT2D eigenvalue weighted by molar-refractivity contribution is 6.07. The molecule has 6 atom stereocenters. The van der Waals surface area contributed by atoms with Gasteiger partial charge in [0.05, 0.1) is 49.2 Å². The lowest BCUT2D eigenvalue weighted by Gasteiger charge is -2.31. The number of nitrogens with zero attached hydrogens (tertiary/aromatic N) is 4. The summed E-state index contributed by atoms with van der Waals surface area (Å²) in [4.78, 5) is 72.9. The van der Waals surface area contributed by atoms with E-state index >= 15 is 0 Å². The number of allylic oxidation sites excluding steroid dienone is 3. The van der Waals surface area contributed by atoms with Gasteiger partial charge in [-0.1, -0.05) is 63.3 Å². The van der Waals surface area contributed by atoms with Gasteiger partial charge in [0.2, 0.25) is 11.8 Å². The van der Waals surface area contributed by atoms with Gasteiger partial charge in [-0.3, -0.25) is 9.59 Å². The SMILES string of the molecule is COC(=O)N[C@H](C(=O)N1CCC[C@H]1c1ncc(-c2ccc3c(c2)COc2cc4c(ccc5nc([C@@H]6C[C@H](C)CN6C(=O)[C@H](NC(=O)OC)C6C=CC=CC6)[nH]c54)cc2-3)[nH]1)C(C)C. The Morgan fingerprint density at radius 2 is 1.73 bits per heavy atom. The molecule has 3 aromatic carbocycles. The van der Waals surface area contributed by atoms with Gasteiger partial charge in [-0.05, 0) is 83.9 Å². The maximum absolute atomic E-state index is 14.3. The number of amides is 4. The van der Waals surface area contributed by atoms with Gasteiger partial charge < -0.3 is 44.6 Å². The summed E-state index contributed by atoms with van der Waals surface area (Å²) in [6.07, 6.45) is 11.3. The Morgan fingerprint density at radius 1 is 0.903 bits per heavy atom. The minimum atomic E-state index is -0.775. The van der Waals surface area contributed by atoms with Gasteiger partial charge in [0.1, 0.15) is 36.1 Å². The molecule has 15 nitrogen and oxygen atoms in total. The topological polar surface area (TPSA) is 184 Å². The smallest absolute Gasteiger partial charge is 0.407 e. The van der Waals surface area contributed by atoms with Crippen molar-refractivity contribution in [2.75, 3.05) is 27.3 Å². The second-order valence-electron chi connectivity index (χ2n) is 17.2. The monoisotopic (exact) mass is 840 g/mol. The summed E-state index contributed by atoms with van der Waals surface area (Å²) in [5.74, 6) is 1.81. The number of carbonyl (C=O) groups is 4. The number of hydrogen-bond acceptors (Lipinski definition) is 9. The molecule has 0 saturated carbocycles. The average molecular weight is 841 g/mol. The third-order valence-corrected chi connectivity index (χ3v) is 12.8. The minimum absolute atomic E-state index is 0.119. The van der Waals surface area contributed by atoms with E-state index < -0.39 is 24.3 Å². The van der Waals surface area contributed by atoms with E-state index in [-0.39, 0.29) is 41.7 Å². The van der Waals surface area contributed by atoms with Gasteiger partial charge in [-0.2, -0.15) is 0 Å². The highest BCUT2D eigenvalue weighted by Gasteiger charge is 2.42. The van der Waals surface area contributed by atoms with Crippen LogP contribution in [-0.4, -0.2) is 93.1 Å². The molecule has 0 radical (unpaired) electrons. The van der Waals surface area contributed by atoms with Crippen LogP contribution in [0, 0.1) is 17.8 Å². The van der Waals surface area contributed by atoms with Gasteiger partial charge in [-0.15, -0.1) is 0 Å². The predicted molar refractivity (Wildman–Crippen MR) is 233 cm³/mol. The van der Waals surface area contributed by atoms with E-state index in [9.17, 15) is 19.2 Å². The molecule has 4 amide bonds. The van der Waals surface area contributed by atoms with Crippen molar-refractivity contribution in [1.82, 2.24) is 40.4 Å². The van der Waals surface area contributed by atoms with Crippen LogP contribution >= 0.6 is 0 Å². The molecule has 0 bridgehead atoms. The maximum atomic E-state index is 14.3. The number of carbonyl (C=O) groups excluding carboxylic acids is 4. The summed E-state index contributed by atoms with van der Waals surface area (Å²) in [5, 5.41) is 7.52. The zero-order valence-electron chi connectivity index (χ0n) is 35.6. The molecule has 5 heterocycles. The van der Waals surface area contributed by atoms with E-state index in [1.54, 1.807) is 0 Å². The standard InChI is InChI=1S/C47H52N8O7/c1-25(2)39(52-46(58)60-4)44(56)54-17-9-12-36(54)42-48-22-35(50-42)29-13-15-31-30(19-29)24-62-38-21-32-28(20-33(31)38)14-16-34-41(32)51-43(49-34)37-18-26(3)23-55(37)45(57)40(53-47(59)61-5)27-10-7-6-8-11-27/h6-8,10,13-16,19-22,25-27,36-37,39-40H,9,11-12,17-18,23-24H2,1-5H3,(H,48,50)(H,49,51)(H,52,58)(H,53,59)/t26-,27?,36-,37-,39-,40+/m0/s1. The fourth-order valence-electron chi connectivity index (χ4n) is 9.60. The van der Waals surface area contributed by atoms with Gasteiger partial charge in [0.15, 0.2) is 0 Å². The van der Waals surface area contributed by atoms with Crippen LogP contribution in [0.3, 0.4) is 0 Å². The number of methoxy groups -OCH3 is 2. The fraction of sp³-hybridized carbons (Fsp3) is 0.404. The van der Waals surface area contributed by atoms with Crippen LogP contribution in [0.2, 0.25) is 0 Å². The lowest BCUT2D eigenvalue weighted by Crippen LogP contribution is -2.52. The molecule has 5 aromatic rings. The molecule has 0 spiro atoms. The van der Waals surface area contributed by atoms with E-state index in [1.807, 2.05) is 60.2 Å². The van der Waals surface area contributed by atoms with Gasteiger partial charge in [-0.25, -0.2) is 19.6 Å². The van der Waals surface area contributed by atoms with Crippen LogP contribution in [0.25, 0.3) is 44.2 Å². The number of fused-ring (bicyclic) bond motifs is 6. The maximum Gasteiger partial charge on any atom is 0.407 e. The van der Waals surface area contributed by atoms with Gasteiger partial charge >= 0.3 is 12.2 Å². The zero-order chi connectivity index (χ0) is 43.2. The number of nitrogens with one attached hydrogen (secondary N) is 4. The van der Waals surface area contributed by atoms with Crippen molar-refractivity contribution in [2.45, 2.75) is 77.2 Å². The van der Waals surface area contributed by atoms with E-state index in [0.717, 1.165) is 74.8 Å². The first kappa shape index (κ1) is 40.7. The fourth-order valence-corrected chi connectivity index (χ4v) is 9.60. The number of H-pyrrole nitrogens is 2. The lowest BCUT2D eigenvalue weighted by molar-refractivity contribution is -0.136.